The zero-order valence-electron chi connectivity index (χ0n) is 7.46. The van der Waals surface area contributed by atoms with Crippen LogP contribution in [0, 0.1) is 6.92 Å². The molecule has 1 aromatic rings. The number of rotatable bonds is 1. The van der Waals surface area contributed by atoms with Gasteiger partial charge in [0, 0.05) is 4.88 Å². The van der Waals surface area contributed by atoms with Crippen molar-refractivity contribution >= 4 is 29.4 Å². The number of hydrogen-bond acceptors (Lipinski definition) is 3. The first-order valence-electron chi connectivity index (χ1n) is 4.05. The number of aryl methyl sites for hydroxylation is 1. The van der Waals surface area contributed by atoms with Gasteiger partial charge in [-0.3, -0.25) is 10.1 Å². The maximum atomic E-state index is 11.2. The summed E-state index contributed by atoms with van der Waals surface area (Å²) in [6.45, 7) is 1.96. The maximum Gasteiger partial charge on any atom is 0.326 e. The van der Waals surface area contributed by atoms with E-state index in [0.717, 1.165) is 10.4 Å². The summed E-state index contributed by atoms with van der Waals surface area (Å²) in [4.78, 5) is 22.9. The molecule has 0 aliphatic carbocycles. The van der Waals surface area contributed by atoms with E-state index in [4.69, 9.17) is 0 Å². The molecule has 0 aromatic carbocycles. The predicted molar refractivity (Wildman–Crippen MR) is 53.7 cm³/mol. The van der Waals surface area contributed by atoms with Crippen molar-refractivity contribution in [1.29, 1.82) is 0 Å². The van der Waals surface area contributed by atoms with E-state index in [0.29, 0.717) is 5.70 Å². The molecule has 0 atom stereocenters. The van der Waals surface area contributed by atoms with Gasteiger partial charge in [0.05, 0.1) is 0 Å². The van der Waals surface area contributed by atoms with Crippen molar-refractivity contribution in [2.24, 2.45) is 0 Å². The molecule has 2 heterocycles. The molecule has 0 radical (unpaired) electrons. The number of thiophene rings is 1. The number of imide groups is 1. The van der Waals surface area contributed by atoms with Crippen LogP contribution < -0.4 is 10.6 Å². The topological polar surface area (TPSA) is 58.2 Å². The molecule has 2 N–H and O–H groups in total. The van der Waals surface area contributed by atoms with Crippen molar-refractivity contribution in [2.45, 2.75) is 6.92 Å². The molecule has 0 saturated carbocycles. The SMILES string of the molecule is Cc1ccsc1/C=C1\NC(=O)NC1=O. The average molecular weight is 208 g/mol. The molecule has 1 saturated heterocycles. The smallest absolute Gasteiger partial charge is 0.303 e. The summed E-state index contributed by atoms with van der Waals surface area (Å²) < 4.78 is 0. The molecule has 2 rings (SSSR count). The molecule has 1 aromatic heterocycles. The summed E-state index contributed by atoms with van der Waals surface area (Å²) in [5.74, 6) is -0.372. The Bertz CT molecular complexity index is 434. The van der Waals surface area contributed by atoms with Crippen LogP contribution in [0.2, 0.25) is 0 Å². The van der Waals surface area contributed by atoms with Gasteiger partial charge < -0.3 is 5.32 Å². The Kier molecular flexibility index (Phi) is 2.09. The molecule has 5 heteroatoms. The average Bonchev–Trinajstić information content (AvgIpc) is 2.62. The van der Waals surface area contributed by atoms with Gasteiger partial charge in [0.25, 0.3) is 5.91 Å². The number of carbonyl (C=O) groups excluding carboxylic acids is 2. The quantitative estimate of drug-likeness (QED) is 0.539. The third kappa shape index (κ3) is 1.54. The zero-order chi connectivity index (χ0) is 10.1. The summed E-state index contributed by atoms with van der Waals surface area (Å²) in [5.41, 5.74) is 1.40. The lowest BCUT2D eigenvalue weighted by atomic mass is 10.2. The predicted octanol–water partition coefficient (Wildman–Crippen LogP) is 1.24. The van der Waals surface area contributed by atoms with Crippen molar-refractivity contribution in [3.05, 3.63) is 27.6 Å². The second-order valence-corrected chi connectivity index (χ2v) is 3.88. The molecule has 14 heavy (non-hydrogen) atoms. The normalized spacial score (nSPS) is 18.5. The van der Waals surface area contributed by atoms with Crippen LogP contribution >= 0.6 is 11.3 Å². The van der Waals surface area contributed by atoms with Crippen molar-refractivity contribution in [2.75, 3.05) is 0 Å². The Balaban J connectivity index is 2.32. The van der Waals surface area contributed by atoms with Gasteiger partial charge in [-0.15, -0.1) is 11.3 Å². The molecular formula is C9H8N2O2S. The van der Waals surface area contributed by atoms with Gasteiger partial charge in [0.15, 0.2) is 0 Å². The van der Waals surface area contributed by atoms with Crippen LogP contribution in [0.3, 0.4) is 0 Å². The minimum atomic E-state index is -0.463. The van der Waals surface area contributed by atoms with Crippen LogP contribution in [0.1, 0.15) is 10.4 Å². The van der Waals surface area contributed by atoms with E-state index in [1.807, 2.05) is 18.4 Å². The zero-order valence-corrected chi connectivity index (χ0v) is 8.27. The Morgan fingerprint density at radius 3 is 2.64 bits per heavy atom. The molecule has 1 aliphatic heterocycles. The number of urea groups is 1. The minimum Gasteiger partial charge on any atom is -0.303 e. The lowest BCUT2D eigenvalue weighted by Crippen LogP contribution is -2.22. The van der Waals surface area contributed by atoms with E-state index in [2.05, 4.69) is 10.6 Å². The minimum absolute atomic E-state index is 0.306. The first-order valence-corrected chi connectivity index (χ1v) is 4.93. The van der Waals surface area contributed by atoms with Crippen molar-refractivity contribution in [1.82, 2.24) is 10.6 Å². The monoisotopic (exact) mass is 208 g/mol. The van der Waals surface area contributed by atoms with Crippen LogP contribution in [-0.4, -0.2) is 11.9 Å². The van der Waals surface area contributed by atoms with Gasteiger partial charge >= 0.3 is 6.03 Å². The van der Waals surface area contributed by atoms with Crippen LogP contribution in [0.15, 0.2) is 17.1 Å². The van der Waals surface area contributed by atoms with E-state index in [1.54, 1.807) is 6.08 Å². The lowest BCUT2D eigenvalue weighted by Gasteiger charge is -1.93. The van der Waals surface area contributed by atoms with Gasteiger partial charge in [-0.1, -0.05) is 0 Å². The first-order chi connectivity index (χ1) is 6.66. The Hall–Kier alpha value is -1.62. The fourth-order valence-electron chi connectivity index (χ4n) is 1.15. The number of carbonyl (C=O) groups is 2. The molecule has 0 spiro atoms. The summed E-state index contributed by atoms with van der Waals surface area (Å²) >= 11 is 1.53. The fourth-order valence-corrected chi connectivity index (χ4v) is 2.00. The van der Waals surface area contributed by atoms with Crippen molar-refractivity contribution in [3.8, 4) is 0 Å². The van der Waals surface area contributed by atoms with E-state index in [9.17, 15) is 9.59 Å². The third-order valence-electron chi connectivity index (χ3n) is 1.90. The third-order valence-corrected chi connectivity index (χ3v) is 2.86. The number of hydrogen-bond donors (Lipinski definition) is 2. The number of nitrogens with one attached hydrogen (secondary N) is 2. The van der Waals surface area contributed by atoms with Crippen molar-refractivity contribution < 1.29 is 9.59 Å². The highest BCUT2D eigenvalue weighted by molar-refractivity contribution is 7.11. The Labute approximate surface area is 84.6 Å². The largest absolute Gasteiger partial charge is 0.326 e. The van der Waals surface area contributed by atoms with E-state index in [1.165, 1.54) is 11.3 Å². The molecule has 3 amide bonds. The number of amides is 3. The van der Waals surface area contributed by atoms with Gasteiger partial charge in [-0.25, -0.2) is 4.79 Å². The van der Waals surface area contributed by atoms with Crippen molar-refractivity contribution in [3.63, 3.8) is 0 Å². The fraction of sp³-hybridized carbons (Fsp3) is 0.111. The van der Waals surface area contributed by atoms with Gasteiger partial charge in [-0.05, 0) is 30.0 Å². The van der Waals surface area contributed by atoms with E-state index in [-0.39, 0.29) is 5.91 Å². The molecule has 0 unspecified atom stereocenters. The van der Waals surface area contributed by atoms with Gasteiger partial charge in [0.1, 0.15) is 5.70 Å². The van der Waals surface area contributed by atoms with Crippen LogP contribution in [-0.2, 0) is 4.79 Å². The molecule has 0 bridgehead atoms. The summed E-state index contributed by atoms with van der Waals surface area (Å²) in [7, 11) is 0. The second-order valence-electron chi connectivity index (χ2n) is 2.93. The highest BCUT2D eigenvalue weighted by Gasteiger charge is 2.22. The second kappa shape index (κ2) is 3.26. The first kappa shape index (κ1) is 8.96. The van der Waals surface area contributed by atoms with Crippen LogP contribution in [0.4, 0.5) is 4.79 Å². The molecule has 4 nitrogen and oxygen atoms in total. The molecule has 1 fully saturated rings. The lowest BCUT2D eigenvalue weighted by molar-refractivity contribution is -0.115. The van der Waals surface area contributed by atoms with Gasteiger partial charge in [-0.2, -0.15) is 0 Å². The van der Waals surface area contributed by atoms with Crippen LogP contribution in [0.5, 0.6) is 0 Å². The molecule has 1 aliphatic rings. The summed E-state index contributed by atoms with van der Waals surface area (Å²) in [6.07, 6.45) is 1.68. The van der Waals surface area contributed by atoms with Crippen LogP contribution in [0.25, 0.3) is 6.08 Å². The molecule has 72 valence electrons. The summed E-state index contributed by atoms with van der Waals surface area (Å²) in [6, 6.07) is 1.50. The van der Waals surface area contributed by atoms with E-state index < -0.39 is 6.03 Å². The maximum absolute atomic E-state index is 11.2. The highest BCUT2D eigenvalue weighted by atomic mass is 32.1. The standard InChI is InChI=1S/C9H8N2O2S/c1-5-2-3-14-7(5)4-6-8(12)11-9(13)10-6/h2-4H,1H3,(H2,10,11,12,13)/b6-4-. The summed E-state index contributed by atoms with van der Waals surface area (Å²) in [5, 5.41) is 6.52. The van der Waals surface area contributed by atoms with Gasteiger partial charge in [0.2, 0.25) is 0 Å². The molecular weight excluding hydrogens is 200 g/mol. The van der Waals surface area contributed by atoms with E-state index >= 15 is 0 Å². The Morgan fingerprint density at radius 2 is 2.14 bits per heavy atom. The Morgan fingerprint density at radius 1 is 1.36 bits per heavy atom. The highest BCUT2D eigenvalue weighted by Crippen LogP contribution is 2.19.